The second kappa shape index (κ2) is 10.7. The minimum atomic E-state index is -0.152. The zero-order chi connectivity index (χ0) is 22.2. The SMILES string of the molecule is CCOc1ccccc1SNC(=O)N(CCc1nc2ccccc2[nH]1)Cc1ccccc1. The van der Waals surface area contributed by atoms with Crippen LogP contribution in [0.1, 0.15) is 18.3 Å². The first-order chi connectivity index (χ1) is 15.7. The summed E-state index contributed by atoms with van der Waals surface area (Å²) in [6, 6.07) is 25.5. The van der Waals surface area contributed by atoms with Crippen molar-refractivity contribution >= 4 is 29.0 Å². The first-order valence-electron chi connectivity index (χ1n) is 10.6. The molecule has 0 spiro atoms. The van der Waals surface area contributed by atoms with Crippen LogP contribution in [0, 0.1) is 0 Å². The third-order valence-corrected chi connectivity index (χ3v) is 5.79. The van der Waals surface area contributed by atoms with E-state index in [0.29, 0.717) is 26.1 Å². The van der Waals surface area contributed by atoms with Gasteiger partial charge in [0, 0.05) is 19.5 Å². The Labute approximate surface area is 192 Å². The summed E-state index contributed by atoms with van der Waals surface area (Å²) >= 11 is 1.27. The largest absolute Gasteiger partial charge is 0.493 e. The zero-order valence-electron chi connectivity index (χ0n) is 18.0. The van der Waals surface area contributed by atoms with Crippen LogP contribution in [0.3, 0.4) is 0 Å². The third-order valence-electron chi connectivity index (χ3n) is 4.96. The number of aromatic nitrogens is 2. The summed E-state index contributed by atoms with van der Waals surface area (Å²) in [6.45, 7) is 3.57. The Hall–Kier alpha value is -3.45. The Morgan fingerprint density at radius 3 is 2.59 bits per heavy atom. The van der Waals surface area contributed by atoms with Gasteiger partial charge in [-0.1, -0.05) is 54.6 Å². The van der Waals surface area contributed by atoms with E-state index in [0.717, 1.165) is 33.1 Å². The molecule has 7 heteroatoms. The molecule has 1 aromatic heterocycles. The smallest absolute Gasteiger partial charge is 0.327 e. The summed E-state index contributed by atoms with van der Waals surface area (Å²) in [7, 11) is 0. The number of hydrogen-bond donors (Lipinski definition) is 2. The van der Waals surface area contributed by atoms with Crippen molar-refractivity contribution in [2.45, 2.75) is 24.8 Å². The van der Waals surface area contributed by atoms with Crippen molar-refractivity contribution in [1.29, 1.82) is 0 Å². The van der Waals surface area contributed by atoms with E-state index in [1.165, 1.54) is 11.9 Å². The second-order valence-electron chi connectivity index (χ2n) is 7.25. The Morgan fingerprint density at radius 1 is 1.03 bits per heavy atom. The Balaban J connectivity index is 1.45. The Kier molecular flexibility index (Phi) is 7.30. The number of carbonyl (C=O) groups is 1. The number of fused-ring (bicyclic) bond motifs is 1. The number of ether oxygens (including phenoxy) is 1. The van der Waals surface area contributed by atoms with Gasteiger partial charge in [0.15, 0.2) is 0 Å². The zero-order valence-corrected chi connectivity index (χ0v) is 18.8. The average molecular weight is 447 g/mol. The number of aromatic amines is 1. The fraction of sp³-hybridized carbons (Fsp3) is 0.200. The maximum Gasteiger partial charge on any atom is 0.327 e. The number of H-pyrrole nitrogens is 1. The molecule has 4 aromatic rings. The topological polar surface area (TPSA) is 70.2 Å². The molecule has 164 valence electrons. The molecule has 32 heavy (non-hydrogen) atoms. The highest BCUT2D eigenvalue weighted by atomic mass is 32.2. The second-order valence-corrected chi connectivity index (χ2v) is 8.09. The van der Waals surface area contributed by atoms with Crippen LogP contribution in [0.25, 0.3) is 11.0 Å². The third kappa shape index (κ3) is 5.62. The number of imidazole rings is 1. The normalized spacial score (nSPS) is 10.8. The van der Waals surface area contributed by atoms with E-state index < -0.39 is 0 Å². The number of amides is 2. The predicted octanol–water partition coefficient (Wildman–Crippen LogP) is 5.42. The van der Waals surface area contributed by atoms with Crippen molar-refractivity contribution in [2.24, 2.45) is 0 Å². The van der Waals surface area contributed by atoms with E-state index in [4.69, 9.17) is 4.74 Å². The lowest BCUT2D eigenvalue weighted by Crippen LogP contribution is -2.38. The van der Waals surface area contributed by atoms with Gasteiger partial charge in [-0.25, -0.2) is 9.78 Å². The first-order valence-corrected chi connectivity index (χ1v) is 11.5. The number of benzene rings is 3. The van der Waals surface area contributed by atoms with Crippen LogP contribution in [-0.4, -0.2) is 34.1 Å². The highest BCUT2D eigenvalue weighted by Crippen LogP contribution is 2.27. The summed E-state index contributed by atoms with van der Waals surface area (Å²) in [5.41, 5.74) is 3.02. The van der Waals surface area contributed by atoms with E-state index in [9.17, 15) is 4.79 Å². The molecule has 0 saturated heterocycles. The van der Waals surface area contributed by atoms with Crippen LogP contribution >= 0.6 is 11.9 Å². The number of urea groups is 1. The van der Waals surface area contributed by atoms with Crippen molar-refractivity contribution in [2.75, 3.05) is 13.2 Å². The molecule has 0 aliphatic rings. The van der Waals surface area contributed by atoms with E-state index in [1.807, 2.05) is 85.8 Å². The summed E-state index contributed by atoms with van der Waals surface area (Å²) in [5.74, 6) is 1.63. The van der Waals surface area contributed by atoms with Gasteiger partial charge in [0.1, 0.15) is 11.6 Å². The molecule has 0 atom stereocenters. The van der Waals surface area contributed by atoms with Gasteiger partial charge in [-0.05, 0) is 48.7 Å². The lowest BCUT2D eigenvalue weighted by molar-refractivity contribution is 0.202. The number of para-hydroxylation sites is 3. The van der Waals surface area contributed by atoms with Gasteiger partial charge in [-0.3, -0.25) is 4.72 Å². The molecule has 0 radical (unpaired) electrons. The van der Waals surface area contributed by atoms with Crippen molar-refractivity contribution in [3.8, 4) is 5.75 Å². The molecule has 4 rings (SSSR count). The van der Waals surface area contributed by atoms with Crippen LogP contribution < -0.4 is 9.46 Å². The standard InChI is InChI=1S/C25H26N4O2S/c1-2-31-22-14-8-9-15-23(22)32-28-25(30)29(18-19-10-4-3-5-11-19)17-16-24-26-20-12-6-7-13-21(20)27-24/h3-15H,2,16-18H2,1H3,(H,26,27)(H,28,30). The molecule has 0 unspecified atom stereocenters. The van der Waals surface area contributed by atoms with Crippen LogP contribution in [0.2, 0.25) is 0 Å². The molecular formula is C25H26N4O2S. The van der Waals surface area contributed by atoms with Gasteiger partial charge in [0.2, 0.25) is 0 Å². The van der Waals surface area contributed by atoms with Crippen molar-refractivity contribution in [3.05, 3.63) is 90.3 Å². The van der Waals surface area contributed by atoms with E-state index >= 15 is 0 Å². The van der Waals surface area contributed by atoms with Gasteiger partial charge in [-0.2, -0.15) is 0 Å². The van der Waals surface area contributed by atoms with E-state index in [2.05, 4.69) is 14.7 Å². The van der Waals surface area contributed by atoms with Gasteiger partial charge in [0.05, 0.1) is 22.5 Å². The molecule has 2 N–H and O–H groups in total. The van der Waals surface area contributed by atoms with Gasteiger partial charge in [0.25, 0.3) is 0 Å². The summed E-state index contributed by atoms with van der Waals surface area (Å²) in [6.07, 6.45) is 0.634. The average Bonchev–Trinajstić information content (AvgIpc) is 3.25. The number of carbonyl (C=O) groups excluding carboxylic acids is 1. The fourth-order valence-electron chi connectivity index (χ4n) is 3.39. The molecule has 3 aromatic carbocycles. The minimum Gasteiger partial charge on any atom is -0.493 e. The Bertz CT molecular complexity index is 1130. The van der Waals surface area contributed by atoms with E-state index in [-0.39, 0.29) is 6.03 Å². The number of nitrogens with one attached hydrogen (secondary N) is 2. The molecule has 0 bridgehead atoms. The van der Waals surface area contributed by atoms with Gasteiger partial charge >= 0.3 is 6.03 Å². The maximum absolute atomic E-state index is 13.1. The van der Waals surface area contributed by atoms with Crippen molar-refractivity contribution in [1.82, 2.24) is 19.6 Å². The molecule has 2 amide bonds. The monoisotopic (exact) mass is 446 g/mol. The molecule has 0 aliphatic carbocycles. The Morgan fingerprint density at radius 2 is 1.78 bits per heavy atom. The van der Waals surface area contributed by atoms with Crippen LogP contribution in [0.4, 0.5) is 4.79 Å². The lowest BCUT2D eigenvalue weighted by Gasteiger charge is -2.23. The quantitative estimate of drug-likeness (QED) is 0.337. The van der Waals surface area contributed by atoms with Gasteiger partial charge in [-0.15, -0.1) is 0 Å². The summed E-state index contributed by atoms with van der Waals surface area (Å²) < 4.78 is 8.64. The van der Waals surface area contributed by atoms with Crippen molar-refractivity contribution in [3.63, 3.8) is 0 Å². The first kappa shape index (κ1) is 21.8. The summed E-state index contributed by atoms with van der Waals surface area (Å²) in [5, 5.41) is 0. The number of rotatable bonds is 9. The molecular weight excluding hydrogens is 420 g/mol. The number of nitrogens with zero attached hydrogens (tertiary/aromatic N) is 2. The number of hydrogen-bond acceptors (Lipinski definition) is 4. The highest BCUT2D eigenvalue weighted by Gasteiger charge is 2.16. The van der Waals surface area contributed by atoms with Gasteiger partial charge < -0.3 is 14.6 Å². The molecule has 6 nitrogen and oxygen atoms in total. The highest BCUT2D eigenvalue weighted by molar-refractivity contribution is 7.98. The minimum absolute atomic E-state index is 0.152. The van der Waals surface area contributed by atoms with Crippen LogP contribution in [0.15, 0.2) is 83.8 Å². The molecule has 1 heterocycles. The fourth-order valence-corrected chi connectivity index (χ4v) is 4.09. The lowest BCUT2D eigenvalue weighted by atomic mass is 10.2. The molecule has 0 fully saturated rings. The van der Waals surface area contributed by atoms with E-state index in [1.54, 1.807) is 4.90 Å². The van der Waals surface area contributed by atoms with Crippen LogP contribution in [-0.2, 0) is 13.0 Å². The molecule has 0 saturated carbocycles. The van der Waals surface area contributed by atoms with Crippen molar-refractivity contribution < 1.29 is 9.53 Å². The summed E-state index contributed by atoms with van der Waals surface area (Å²) in [4.78, 5) is 23.8. The predicted molar refractivity (Wildman–Crippen MR) is 129 cm³/mol. The van der Waals surface area contributed by atoms with Crippen LogP contribution in [0.5, 0.6) is 5.75 Å². The molecule has 0 aliphatic heterocycles. The maximum atomic E-state index is 13.1.